The first-order chi connectivity index (χ1) is 15.9. The van der Waals surface area contributed by atoms with Crippen molar-refractivity contribution in [2.75, 3.05) is 13.7 Å². The van der Waals surface area contributed by atoms with Crippen molar-refractivity contribution in [3.8, 4) is 11.4 Å². The van der Waals surface area contributed by atoms with Gasteiger partial charge in [-0.3, -0.25) is 0 Å². The topological polar surface area (TPSA) is 61.3 Å². The molecule has 1 aliphatic carbocycles. The van der Waals surface area contributed by atoms with Crippen LogP contribution in [-0.2, 0) is 27.8 Å². The Hall–Kier alpha value is -1.20. The highest BCUT2D eigenvalue weighted by atomic mass is 127. The van der Waals surface area contributed by atoms with Crippen LogP contribution in [0.15, 0.2) is 24.5 Å². The van der Waals surface area contributed by atoms with Gasteiger partial charge < -0.3 is 14.3 Å². The second-order valence-electron chi connectivity index (χ2n) is 10.3. The third kappa shape index (κ3) is 6.08. The molecule has 0 radical (unpaired) electrons. The van der Waals surface area contributed by atoms with Crippen molar-refractivity contribution in [1.82, 2.24) is 14.5 Å². The van der Waals surface area contributed by atoms with Crippen LogP contribution in [0.3, 0.4) is 0 Å². The summed E-state index contributed by atoms with van der Waals surface area (Å²) < 4.78 is 9.28. The molecule has 8 heteroatoms. The molecule has 0 atom stereocenters. The van der Waals surface area contributed by atoms with E-state index in [1.54, 1.807) is 7.11 Å². The Kier molecular flexibility index (Phi) is 8.32. The number of halogens is 1. The molecule has 0 saturated heterocycles. The van der Waals surface area contributed by atoms with E-state index in [-0.39, 0.29) is 0 Å². The number of ether oxygens (including phenoxy) is 1. The maximum Gasteiger partial charge on any atom is 0.128 e. The first kappa shape index (κ1) is 24.9. The lowest BCUT2D eigenvalue weighted by Crippen LogP contribution is -2.22. The Balaban J connectivity index is 1.71. The smallest absolute Gasteiger partial charge is 0.128 e. The third-order valence-electron chi connectivity index (χ3n) is 6.52. The highest BCUT2D eigenvalue weighted by Crippen LogP contribution is 2.43. The minimum atomic E-state index is -1.11. The molecule has 2 heterocycles. The summed E-state index contributed by atoms with van der Waals surface area (Å²) in [5, 5.41) is 1.31. The fraction of sp³-hybridized carbons (Fsp3) is 0.560. The molecule has 3 aromatic rings. The summed E-state index contributed by atoms with van der Waals surface area (Å²) in [7, 11) is 0.430. The van der Waals surface area contributed by atoms with Gasteiger partial charge in [0.15, 0.2) is 0 Å². The van der Waals surface area contributed by atoms with Gasteiger partial charge in [0.1, 0.15) is 22.7 Å². The summed E-state index contributed by atoms with van der Waals surface area (Å²) in [5.74, 6) is 0.565. The van der Waals surface area contributed by atoms with Crippen LogP contribution in [0.4, 0.5) is 0 Å². The lowest BCUT2D eigenvalue weighted by atomic mass is 9.82. The van der Waals surface area contributed by atoms with Crippen LogP contribution >= 0.6 is 22.6 Å². The van der Waals surface area contributed by atoms with Gasteiger partial charge in [0.2, 0.25) is 0 Å². The van der Waals surface area contributed by atoms with E-state index >= 15 is 0 Å². The molecular weight excluding hydrogens is 545 g/mol. The van der Waals surface area contributed by atoms with Crippen LogP contribution in [0, 0.1) is 3.70 Å². The largest absolute Gasteiger partial charge is 0.361 e. The first-order valence-corrected chi connectivity index (χ1v) is 16.7. The number of hydrogen-bond donors (Lipinski definition) is 1. The molecule has 6 nitrogen and oxygen atoms in total. The number of H-pyrrole nitrogens is 1. The Morgan fingerprint density at radius 2 is 1.97 bits per heavy atom. The summed E-state index contributed by atoms with van der Waals surface area (Å²) >= 11 is 2.36. The SMILES string of the molecule is COOCc1ccc2c(C3CCCCC3)c(-c3c(I)ncn3COCC[Si](C)(C)C)[nH]c2c1. The van der Waals surface area contributed by atoms with Gasteiger partial charge in [-0.15, -0.1) is 0 Å². The molecular formula is C25H36IN3O3Si. The van der Waals surface area contributed by atoms with Crippen LogP contribution < -0.4 is 0 Å². The number of nitrogens with one attached hydrogen (secondary N) is 1. The molecule has 0 amide bonds. The van der Waals surface area contributed by atoms with Crippen LogP contribution in [-0.4, -0.2) is 36.3 Å². The number of benzene rings is 1. The summed E-state index contributed by atoms with van der Waals surface area (Å²) in [6, 6.07) is 7.74. The van der Waals surface area contributed by atoms with Crippen molar-refractivity contribution < 1.29 is 14.5 Å². The number of fused-ring (bicyclic) bond motifs is 1. The summed E-state index contributed by atoms with van der Waals surface area (Å²) in [4.78, 5) is 18.4. The molecule has 4 rings (SSSR count). The molecule has 0 spiro atoms. The average molecular weight is 582 g/mol. The van der Waals surface area contributed by atoms with Gasteiger partial charge in [0.05, 0.1) is 19.1 Å². The predicted molar refractivity (Wildman–Crippen MR) is 144 cm³/mol. The summed E-state index contributed by atoms with van der Waals surface area (Å²) in [6.45, 7) is 8.91. The molecule has 1 aliphatic rings. The predicted octanol–water partition coefficient (Wildman–Crippen LogP) is 7.07. The van der Waals surface area contributed by atoms with Gasteiger partial charge in [0.25, 0.3) is 0 Å². The molecule has 2 aromatic heterocycles. The zero-order valence-corrected chi connectivity index (χ0v) is 23.4. The highest BCUT2D eigenvalue weighted by molar-refractivity contribution is 14.1. The van der Waals surface area contributed by atoms with Crippen molar-refractivity contribution in [1.29, 1.82) is 0 Å². The molecule has 180 valence electrons. The van der Waals surface area contributed by atoms with Crippen LogP contribution in [0.5, 0.6) is 0 Å². The van der Waals surface area contributed by atoms with Gasteiger partial charge >= 0.3 is 0 Å². The number of imidazole rings is 1. The van der Waals surface area contributed by atoms with E-state index in [4.69, 9.17) is 14.5 Å². The lowest BCUT2D eigenvalue weighted by Gasteiger charge is -2.23. The monoisotopic (exact) mass is 581 g/mol. The van der Waals surface area contributed by atoms with Crippen molar-refractivity contribution in [2.45, 2.75) is 77.0 Å². The number of rotatable bonds is 10. The van der Waals surface area contributed by atoms with Crippen molar-refractivity contribution in [3.05, 3.63) is 39.4 Å². The molecule has 1 fully saturated rings. The van der Waals surface area contributed by atoms with E-state index in [0.29, 0.717) is 19.3 Å². The molecule has 1 aromatic carbocycles. The van der Waals surface area contributed by atoms with Crippen molar-refractivity contribution in [2.24, 2.45) is 0 Å². The standard InChI is InChI=1S/C25H36IN3O3Si/c1-30-32-15-18-10-11-20-21(14-18)28-23(22(20)19-8-6-5-7-9-19)24-25(26)27-16-29(24)17-31-12-13-33(2,3)4/h10-11,14,16,19,28H,5-9,12-13,15,17H2,1-4H3. The van der Waals surface area contributed by atoms with E-state index in [1.807, 2.05) is 6.33 Å². The maximum absolute atomic E-state index is 6.10. The average Bonchev–Trinajstić information content (AvgIpc) is 3.34. The van der Waals surface area contributed by atoms with Gasteiger partial charge in [0, 0.05) is 25.6 Å². The Bertz CT molecular complexity index is 1070. The summed E-state index contributed by atoms with van der Waals surface area (Å²) in [6.07, 6.45) is 8.34. The zero-order valence-electron chi connectivity index (χ0n) is 20.2. The molecule has 1 saturated carbocycles. The van der Waals surface area contributed by atoms with E-state index in [2.05, 4.69) is 75.0 Å². The minimum Gasteiger partial charge on any atom is -0.361 e. The molecule has 0 aliphatic heterocycles. The van der Waals surface area contributed by atoms with Crippen LogP contribution in [0.25, 0.3) is 22.3 Å². The lowest BCUT2D eigenvalue weighted by molar-refractivity contribution is -0.282. The van der Waals surface area contributed by atoms with E-state index < -0.39 is 8.07 Å². The van der Waals surface area contributed by atoms with Gasteiger partial charge in [-0.2, -0.15) is 0 Å². The molecule has 1 N–H and O–H groups in total. The number of nitrogens with zero attached hydrogens (tertiary/aromatic N) is 2. The summed E-state index contributed by atoms with van der Waals surface area (Å²) in [5.41, 5.74) is 5.99. The fourth-order valence-corrected chi connectivity index (χ4v) is 6.19. The number of aromatic amines is 1. The third-order valence-corrected chi connectivity index (χ3v) is 9.01. The van der Waals surface area contributed by atoms with Crippen molar-refractivity contribution >= 4 is 41.6 Å². The number of hydrogen-bond acceptors (Lipinski definition) is 4. The van der Waals surface area contributed by atoms with Crippen LogP contribution in [0.2, 0.25) is 25.7 Å². The van der Waals surface area contributed by atoms with Crippen LogP contribution in [0.1, 0.15) is 49.1 Å². The first-order valence-electron chi connectivity index (χ1n) is 12.0. The number of aromatic nitrogens is 3. The Morgan fingerprint density at radius 3 is 2.70 bits per heavy atom. The van der Waals surface area contributed by atoms with Gasteiger partial charge in [-0.05, 0) is 64.6 Å². The normalized spacial score (nSPS) is 15.5. The zero-order chi connectivity index (χ0) is 23.4. The molecule has 0 unspecified atom stereocenters. The van der Waals surface area contributed by atoms with E-state index in [9.17, 15) is 0 Å². The van der Waals surface area contributed by atoms with Gasteiger partial charge in [-0.25, -0.2) is 14.8 Å². The van der Waals surface area contributed by atoms with E-state index in [0.717, 1.165) is 27.1 Å². The minimum absolute atomic E-state index is 0.431. The Morgan fingerprint density at radius 1 is 1.18 bits per heavy atom. The fourth-order valence-electron chi connectivity index (χ4n) is 4.73. The second-order valence-corrected chi connectivity index (χ2v) is 16.9. The van der Waals surface area contributed by atoms with Gasteiger partial charge in [-0.1, -0.05) is 51.0 Å². The Labute approximate surface area is 211 Å². The quantitative estimate of drug-likeness (QED) is 0.0915. The maximum atomic E-state index is 6.10. The second kappa shape index (κ2) is 11.0. The van der Waals surface area contributed by atoms with E-state index in [1.165, 1.54) is 54.8 Å². The molecule has 33 heavy (non-hydrogen) atoms. The molecule has 0 bridgehead atoms. The highest BCUT2D eigenvalue weighted by Gasteiger charge is 2.26. The van der Waals surface area contributed by atoms with Crippen molar-refractivity contribution in [3.63, 3.8) is 0 Å².